The van der Waals surface area contributed by atoms with Crippen LogP contribution in [0.25, 0.3) is 0 Å². The number of anilines is 1. The Hall–Kier alpha value is -3.26. The first-order valence-corrected chi connectivity index (χ1v) is 18.5. The number of esters is 1. The molecule has 0 aromatic heterocycles. The van der Waals surface area contributed by atoms with Crippen molar-refractivity contribution in [1.29, 1.82) is 0 Å². The number of nitrogens with two attached hydrogens (primary N) is 1. The summed E-state index contributed by atoms with van der Waals surface area (Å²) >= 11 is 0. The fraction of sp³-hybridized carbons (Fsp3) is 0.737. The van der Waals surface area contributed by atoms with Gasteiger partial charge in [0.05, 0.1) is 43.4 Å². The molecule has 13 nitrogen and oxygen atoms in total. The second-order valence-corrected chi connectivity index (χ2v) is 14.7. The number of hydrogen-bond donors (Lipinski definition) is 3. The third kappa shape index (κ3) is 10.6. The SMILES string of the molecule is CCC(C)C(C(CCN1CCCC1C(OC)C(C)C(=O)NC(Cc1ccc(N)cc1)C(=O)OC)OC)N(C)C(=O)CNC(=O)C1(C)CCCN1C. The molecule has 2 heterocycles. The highest BCUT2D eigenvalue weighted by Gasteiger charge is 2.42. The highest BCUT2D eigenvalue weighted by atomic mass is 16.5. The molecule has 2 aliphatic rings. The molecular weight excluding hydrogens is 652 g/mol. The maximum absolute atomic E-state index is 13.6. The van der Waals surface area contributed by atoms with Crippen LogP contribution in [0.3, 0.4) is 0 Å². The molecule has 0 aliphatic carbocycles. The maximum Gasteiger partial charge on any atom is 0.328 e. The summed E-state index contributed by atoms with van der Waals surface area (Å²) < 4.78 is 17.1. The molecule has 51 heavy (non-hydrogen) atoms. The Morgan fingerprint density at radius 2 is 1.75 bits per heavy atom. The predicted octanol–water partition coefficient (Wildman–Crippen LogP) is 2.46. The van der Waals surface area contributed by atoms with E-state index >= 15 is 0 Å². The number of nitrogen functional groups attached to an aromatic ring is 1. The van der Waals surface area contributed by atoms with E-state index in [1.807, 2.05) is 33.0 Å². The van der Waals surface area contributed by atoms with Crippen molar-refractivity contribution in [2.75, 3.05) is 67.3 Å². The van der Waals surface area contributed by atoms with E-state index in [0.29, 0.717) is 18.7 Å². The van der Waals surface area contributed by atoms with Gasteiger partial charge in [0.2, 0.25) is 17.7 Å². The molecule has 2 fully saturated rings. The topological polar surface area (TPSA) is 156 Å². The predicted molar refractivity (Wildman–Crippen MR) is 198 cm³/mol. The standard InChI is InChI=1S/C38H64N6O7/c1-10-25(2)33(43(6)32(45)24-40-37(48)38(4)19-12-20-42(38)5)31(49-7)18-22-44-21-11-13-30(44)34(50-8)26(3)35(46)41-29(36(47)51-9)23-27-14-16-28(39)17-15-27/h14-17,25-26,29-31,33-34H,10-13,18-24,39H2,1-9H3,(H,40,48)(H,41,46). The Labute approximate surface area is 305 Å². The van der Waals surface area contributed by atoms with Crippen LogP contribution in [-0.2, 0) is 39.8 Å². The quantitative estimate of drug-likeness (QED) is 0.144. The number of likely N-dealkylation sites (N-methyl/N-ethyl adjacent to an activating group) is 2. The van der Waals surface area contributed by atoms with Crippen LogP contribution < -0.4 is 16.4 Å². The van der Waals surface area contributed by atoms with Gasteiger partial charge >= 0.3 is 5.97 Å². The van der Waals surface area contributed by atoms with E-state index in [4.69, 9.17) is 19.9 Å². The average molecular weight is 717 g/mol. The van der Waals surface area contributed by atoms with E-state index in [9.17, 15) is 19.2 Å². The van der Waals surface area contributed by atoms with Crippen molar-refractivity contribution in [1.82, 2.24) is 25.3 Å². The molecule has 1 aromatic rings. The van der Waals surface area contributed by atoms with Crippen molar-refractivity contribution in [2.45, 2.75) is 109 Å². The van der Waals surface area contributed by atoms with Gasteiger partial charge in [-0.15, -0.1) is 0 Å². The Kier molecular flexibility index (Phi) is 16.2. The molecule has 4 N–H and O–H groups in total. The van der Waals surface area contributed by atoms with Crippen LogP contribution >= 0.6 is 0 Å². The molecule has 13 heteroatoms. The minimum absolute atomic E-state index is 0.0198. The molecule has 0 saturated carbocycles. The highest BCUT2D eigenvalue weighted by molar-refractivity contribution is 5.90. The van der Waals surface area contributed by atoms with E-state index < -0.39 is 29.6 Å². The van der Waals surface area contributed by atoms with Crippen LogP contribution in [-0.4, -0.2) is 136 Å². The first-order chi connectivity index (χ1) is 24.2. The molecule has 3 rings (SSSR count). The van der Waals surface area contributed by atoms with Crippen LogP contribution in [0.5, 0.6) is 0 Å². The zero-order valence-electron chi connectivity index (χ0n) is 32.4. The summed E-state index contributed by atoms with van der Waals surface area (Å²) in [4.78, 5) is 59.0. The largest absolute Gasteiger partial charge is 0.467 e. The smallest absolute Gasteiger partial charge is 0.328 e. The van der Waals surface area contributed by atoms with Crippen molar-refractivity contribution < 1.29 is 33.4 Å². The Morgan fingerprint density at radius 1 is 1.06 bits per heavy atom. The Morgan fingerprint density at radius 3 is 2.31 bits per heavy atom. The van der Waals surface area contributed by atoms with E-state index in [-0.39, 0.29) is 54.8 Å². The minimum Gasteiger partial charge on any atom is -0.467 e. The van der Waals surface area contributed by atoms with Crippen molar-refractivity contribution in [2.24, 2.45) is 11.8 Å². The second kappa shape index (κ2) is 19.5. The molecule has 8 unspecified atom stereocenters. The number of ether oxygens (including phenoxy) is 3. The summed E-state index contributed by atoms with van der Waals surface area (Å²) in [6.07, 6.45) is 4.67. The molecule has 0 spiro atoms. The lowest BCUT2D eigenvalue weighted by atomic mass is 9.90. The van der Waals surface area contributed by atoms with Gasteiger partial charge in [0, 0.05) is 46.0 Å². The number of methoxy groups -OCH3 is 3. The Bertz CT molecular complexity index is 1300. The number of nitrogens with zero attached hydrogens (tertiary/aromatic N) is 3. The summed E-state index contributed by atoms with van der Waals surface area (Å²) in [5.74, 6) is -1.47. The molecule has 288 valence electrons. The van der Waals surface area contributed by atoms with E-state index in [0.717, 1.165) is 50.8 Å². The van der Waals surface area contributed by atoms with Crippen molar-refractivity contribution in [3.8, 4) is 0 Å². The number of carbonyl (C=O) groups is 4. The summed E-state index contributed by atoms with van der Waals surface area (Å²) in [5.41, 5.74) is 6.68. The van der Waals surface area contributed by atoms with Crippen LogP contribution in [0.2, 0.25) is 0 Å². The number of nitrogens with one attached hydrogen (secondary N) is 2. The number of rotatable bonds is 19. The molecule has 0 radical (unpaired) electrons. The van der Waals surface area contributed by atoms with Gasteiger partial charge in [-0.1, -0.05) is 39.3 Å². The highest BCUT2D eigenvalue weighted by Crippen LogP contribution is 2.29. The van der Waals surface area contributed by atoms with Gasteiger partial charge in [0.15, 0.2) is 0 Å². The Balaban J connectivity index is 1.65. The fourth-order valence-corrected chi connectivity index (χ4v) is 7.86. The molecule has 1 aromatic carbocycles. The first kappa shape index (κ1) is 42.2. The van der Waals surface area contributed by atoms with Gasteiger partial charge in [0.1, 0.15) is 6.04 Å². The second-order valence-electron chi connectivity index (χ2n) is 14.7. The molecular formula is C38H64N6O7. The lowest BCUT2D eigenvalue weighted by Gasteiger charge is -2.40. The third-order valence-corrected chi connectivity index (χ3v) is 11.5. The molecule has 0 bridgehead atoms. The van der Waals surface area contributed by atoms with Gasteiger partial charge in [-0.3, -0.25) is 24.2 Å². The molecule has 2 aliphatic heterocycles. The normalized spacial score (nSPS) is 23.1. The van der Waals surface area contributed by atoms with Gasteiger partial charge in [0.25, 0.3) is 0 Å². The van der Waals surface area contributed by atoms with Gasteiger partial charge in [-0.25, -0.2) is 4.79 Å². The zero-order chi connectivity index (χ0) is 37.9. The number of carbonyl (C=O) groups excluding carboxylic acids is 4. The minimum atomic E-state index is -0.856. The average Bonchev–Trinajstić information content (AvgIpc) is 3.74. The monoisotopic (exact) mass is 716 g/mol. The number of hydrogen-bond acceptors (Lipinski definition) is 10. The van der Waals surface area contributed by atoms with Crippen LogP contribution in [0, 0.1) is 11.8 Å². The zero-order valence-corrected chi connectivity index (χ0v) is 32.4. The van der Waals surface area contributed by atoms with Crippen LogP contribution in [0.1, 0.15) is 71.8 Å². The lowest BCUT2D eigenvalue weighted by molar-refractivity contribution is -0.146. The molecule has 8 atom stereocenters. The maximum atomic E-state index is 13.6. The summed E-state index contributed by atoms with van der Waals surface area (Å²) in [6, 6.07) is 6.10. The van der Waals surface area contributed by atoms with Gasteiger partial charge < -0.3 is 35.5 Å². The molecule has 2 saturated heterocycles. The summed E-state index contributed by atoms with van der Waals surface area (Å²) in [5, 5.41) is 5.81. The number of benzene rings is 1. The third-order valence-electron chi connectivity index (χ3n) is 11.5. The summed E-state index contributed by atoms with van der Waals surface area (Å²) in [7, 11) is 8.37. The first-order valence-electron chi connectivity index (χ1n) is 18.5. The summed E-state index contributed by atoms with van der Waals surface area (Å²) in [6.45, 7) is 10.3. The van der Waals surface area contributed by atoms with Crippen molar-refractivity contribution in [3.63, 3.8) is 0 Å². The fourth-order valence-electron chi connectivity index (χ4n) is 7.86. The molecule has 3 amide bonds. The van der Waals surface area contributed by atoms with Crippen molar-refractivity contribution in [3.05, 3.63) is 29.8 Å². The lowest BCUT2D eigenvalue weighted by Crippen LogP contribution is -2.56. The number of likely N-dealkylation sites (tertiary alicyclic amines) is 2. The van der Waals surface area contributed by atoms with Crippen LogP contribution in [0.15, 0.2) is 24.3 Å². The van der Waals surface area contributed by atoms with Crippen LogP contribution in [0.4, 0.5) is 5.69 Å². The van der Waals surface area contributed by atoms with E-state index in [1.165, 1.54) is 7.11 Å². The van der Waals surface area contributed by atoms with Gasteiger partial charge in [-0.2, -0.15) is 0 Å². The van der Waals surface area contributed by atoms with E-state index in [2.05, 4.69) is 34.3 Å². The number of amides is 3. The van der Waals surface area contributed by atoms with E-state index in [1.54, 1.807) is 38.3 Å². The van der Waals surface area contributed by atoms with Gasteiger partial charge in [-0.05, 0) is 82.8 Å². The van der Waals surface area contributed by atoms with Crippen molar-refractivity contribution >= 4 is 29.4 Å².